The highest BCUT2D eigenvalue weighted by molar-refractivity contribution is 7.80. The lowest BCUT2D eigenvalue weighted by Gasteiger charge is -2.41. The van der Waals surface area contributed by atoms with E-state index in [1.165, 1.54) is 0 Å². The van der Waals surface area contributed by atoms with Gasteiger partial charge < -0.3 is 23.7 Å². The third-order valence-electron chi connectivity index (χ3n) is 4.89. The van der Waals surface area contributed by atoms with Gasteiger partial charge in [0.25, 0.3) is 0 Å². The number of fused-ring (bicyclic) bond motifs is 1. The van der Waals surface area contributed by atoms with Crippen molar-refractivity contribution < 1.29 is 23.7 Å². The van der Waals surface area contributed by atoms with Crippen molar-refractivity contribution in [3.63, 3.8) is 0 Å². The predicted molar refractivity (Wildman–Crippen MR) is 90.6 cm³/mol. The number of thiol groups is 1. The van der Waals surface area contributed by atoms with E-state index in [-0.39, 0.29) is 17.2 Å². The molecule has 0 bridgehead atoms. The molecule has 2 aliphatic rings. The molecule has 0 spiro atoms. The fourth-order valence-corrected chi connectivity index (χ4v) is 3.85. The predicted octanol–water partition coefficient (Wildman–Crippen LogP) is 2.54. The maximum Gasteiger partial charge on any atom is 0.192 e. The van der Waals surface area contributed by atoms with Gasteiger partial charge in [-0.25, -0.2) is 0 Å². The molecule has 7 heteroatoms. The summed E-state index contributed by atoms with van der Waals surface area (Å²) in [6.45, 7) is 15.1. The molecular weight excluding hydrogens is 320 g/mol. The smallest absolute Gasteiger partial charge is 0.192 e. The second kappa shape index (κ2) is 6.02. The highest BCUT2D eigenvalue weighted by atomic mass is 32.1. The van der Waals surface area contributed by atoms with E-state index in [1.807, 2.05) is 13.8 Å². The van der Waals surface area contributed by atoms with Crippen LogP contribution in [0.1, 0.15) is 34.6 Å². The Kier molecular flexibility index (Phi) is 5.12. The van der Waals surface area contributed by atoms with E-state index in [2.05, 4.69) is 46.5 Å². The normalized spacial score (nSPS) is 38.9. The molecule has 2 aliphatic heterocycles. The van der Waals surface area contributed by atoms with Crippen molar-refractivity contribution in [2.75, 3.05) is 6.61 Å². The Labute approximate surface area is 140 Å². The number of aliphatic hydroxyl groups excluding tert-OH is 1. The van der Waals surface area contributed by atoms with E-state index in [1.54, 1.807) is 0 Å². The number of rotatable bonds is 3. The minimum absolute atomic E-state index is 0.132. The van der Waals surface area contributed by atoms with Crippen LogP contribution in [-0.2, 0) is 18.6 Å². The van der Waals surface area contributed by atoms with Gasteiger partial charge in [0.15, 0.2) is 14.1 Å². The summed E-state index contributed by atoms with van der Waals surface area (Å²) in [5, 5.41) is 10.3. The highest BCUT2D eigenvalue weighted by Gasteiger charge is 2.54. The monoisotopic (exact) mass is 350 g/mol. The number of hydrogen-bond donors (Lipinski definition) is 2. The van der Waals surface area contributed by atoms with Crippen LogP contribution in [0.25, 0.3) is 0 Å². The zero-order valence-electron chi connectivity index (χ0n) is 14.6. The first-order chi connectivity index (χ1) is 9.84. The van der Waals surface area contributed by atoms with Crippen LogP contribution in [0.4, 0.5) is 0 Å². The number of hydrogen-bond acceptors (Lipinski definition) is 6. The van der Waals surface area contributed by atoms with Gasteiger partial charge >= 0.3 is 0 Å². The molecule has 0 unspecified atom stereocenters. The lowest BCUT2D eigenvalue weighted by atomic mass is 10.0. The summed E-state index contributed by atoms with van der Waals surface area (Å²) < 4.78 is 23.8. The molecular formula is C15H30O5SSi. The summed E-state index contributed by atoms with van der Waals surface area (Å²) in [5.41, 5.74) is -0.591. The van der Waals surface area contributed by atoms with Crippen LogP contribution in [0.2, 0.25) is 18.1 Å². The van der Waals surface area contributed by atoms with Crippen molar-refractivity contribution in [3.05, 3.63) is 0 Å². The third kappa shape index (κ3) is 3.71. The van der Waals surface area contributed by atoms with E-state index in [9.17, 15) is 5.11 Å². The molecule has 0 saturated carbocycles. The topological polar surface area (TPSA) is 57.2 Å². The Morgan fingerprint density at radius 1 is 1.18 bits per heavy atom. The molecule has 0 amide bonds. The van der Waals surface area contributed by atoms with E-state index in [0.717, 1.165) is 0 Å². The number of aliphatic hydroxyl groups is 1. The van der Waals surface area contributed by atoms with Gasteiger partial charge in [-0.1, -0.05) is 20.8 Å². The van der Waals surface area contributed by atoms with Crippen molar-refractivity contribution in [2.24, 2.45) is 0 Å². The molecule has 5 nitrogen and oxygen atoms in total. The molecule has 130 valence electrons. The van der Waals surface area contributed by atoms with Crippen LogP contribution in [0.3, 0.4) is 0 Å². The molecule has 0 aliphatic carbocycles. The molecule has 2 saturated heterocycles. The fraction of sp³-hybridized carbons (Fsp3) is 1.00. The maximum atomic E-state index is 10.2. The van der Waals surface area contributed by atoms with E-state index >= 15 is 0 Å². The lowest BCUT2D eigenvalue weighted by Crippen LogP contribution is -2.57. The average molecular weight is 351 g/mol. The Morgan fingerprint density at radius 3 is 2.27 bits per heavy atom. The second-order valence-corrected chi connectivity index (χ2v) is 13.5. The van der Waals surface area contributed by atoms with Crippen LogP contribution < -0.4 is 0 Å². The van der Waals surface area contributed by atoms with Gasteiger partial charge in [-0.05, 0) is 32.0 Å². The zero-order valence-corrected chi connectivity index (χ0v) is 16.5. The summed E-state index contributed by atoms with van der Waals surface area (Å²) >= 11 is 4.32. The van der Waals surface area contributed by atoms with Crippen molar-refractivity contribution >= 4 is 20.9 Å². The first kappa shape index (κ1) is 18.7. The van der Waals surface area contributed by atoms with Crippen LogP contribution in [0.15, 0.2) is 0 Å². The maximum absolute atomic E-state index is 10.2. The molecule has 2 heterocycles. The largest absolute Gasteiger partial charge is 0.414 e. The number of ether oxygens (including phenoxy) is 3. The molecule has 0 radical (unpaired) electrons. The summed E-state index contributed by atoms with van der Waals surface area (Å²) in [4.78, 5) is 0. The highest BCUT2D eigenvalue weighted by Crippen LogP contribution is 2.40. The van der Waals surface area contributed by atoms with Gasteiger partial charge in [0.2, 0.25) is 0 Å². The van der Waals surface area contributed by atoms with Gasteiger partial charge in [-0.3, -0.25) is 0 Å². The quantitative estimate of drug-likeness (QED) is 0.605. The van der Waals surface area contributed by atoms with Crippen LogP contribution in [0.5, 0.6) is 0 Å². The van der Waals surface area contributed by atoms with Crippen molar-refractivity contribution in [2.45, 2.75) is 88.4 Å². The van der Waals surface area contributed by atoms with Gasteiger partial charge in [0.1, 0.15) is 29.9 Å². The minimum Gasteiger partial charge on any atom is -0.414 e. The minimum atomic E-state index is -1.87. The van der Waals surface area contributed by atoms with Crippen molar-refractivity contribution in [1.82, 2.24) is 0 Å². The zero-order chi connectivity index (χ0) is 16.9. The summed E-state index contributed by atoms with van der Waals surface area (Å²) in [6.07, 6.45) is -1.86. The van der Waals surface area contributed by atoms with Gasteiger partial charge in [0.05, 0.1) is 6.61 Å². The second-order valence-electron chi connectivity index (χ2n) is 8.19. The Hall–Kier alpha value is 0.367. The van der Waals surface area contributed by atoms with Crippen molar-refractivity contribution in [3.8, 4) is 0 Å². The molecule has 0 aromatic carbocycles. The van der Waals surface area contributed by atoms with Crippen LogP contribution in [0, 0.1) is 0 Å². The molecule has 2 fully saturated rings. The van der Waals surface area contributed by atoms with Gasteiger partial charge in [-0.2, -0.15) is 0 Å². The Morgan fingerprint density at radius 2 is 1.73 bits per heavy atom. The fourth-order valence-electron chi connectivity index (χ4n) is 2.51. The Balaban J connectivity index is 2.07. The molecule has 1 N–H and O–H groups in total. The van der Waals surface area contributed by atoms with Gasteiger partial charge in [-0.15, -0.1) is 12.6 Å². The van der Waals surface area contributed by atoms with E-state index in [0.29, 0.717) is 6.61 Å². The van der Waals surface area contributed by atoms with Crippen molar-refractivity contribution in [1.29, 1.82) is 0 Å². The molecule has 2 rings (SSSR count). The van der Waals surface area contributed by atoms with Gasteiger partial charge in [0, 0.05) is 0 Å². The third-order valence-corrected chi connectivity index (χ3v) is 9.82. The van der Waals surface area contributed by atoms with Crippen LogP contribution >= 0.6 is 12.6 Å². The molecule has 22 heavy (non-hydrogen) atoms. The molecule has 5 atom stereocenters. The SMILES string of the molecule is CC1(C)O[C@@H]2[C@@H](O)[C@H](S)O[C@H](CO[Si](C)(C)C(C)(C)C)[C@@H]2O1. The first-order valence-electron chi connectivity index (χ1n) is 7.85. The summed E-state index contributed by atoms with van der Waals surface area (Å²) in [6, 6.07) is 0. The first-order valence-corrected chi connectivity index (χ1v) is 11.3. The standard InChI is InChI=1S/C15H30O5SSi/c1-14(2,3)22(6,7)17-8-9-11-12(10(16)13(21)18-9)20-15(4,5)19-11/h9-13,16,21H,8H2,1-7H3/t9-,10-,11+,12-,13+/m1/s1. The average Bonchev–Trinajstić information content (AvgIpc) is 2.67. The lowest BCUT2D eigenvalue weighted by molar-refractivity contribution is -0.166. The summed E-state index contributed by atoms with van der Waals surface area (Å²) in [5.74, 6) is -0.729. The molecule has 0 aromatic rings. The van der Waals surface area contributed by atoms with E-state index in [4.69, 9.17) is 18.6 Å². The summed E-state index contributed by atoms with van der Waals surface area (Å²) in [7, 11) is -1.87. The molecule has 0 aromatic heterocycles. The van der Waals surface area contributed by atoms with E-state index < -0.39 is 31.7 Å². The van der Waals surface area contributed by atoms with Crippen LogP contribution in [-0.4, -0.2) is 55.7 Å². The Bertz CT molecular complexity index is 409.